The van der Waals surface area contributed by atoms with Gasteiger partial charge in [-0.25, -0.2) is 0 Å². The lowest BCUT2D eigenvalue weighted by Crippen LogP contribution is -2.33. The zero-order chi connectivity index (χ0) is 18.6. The van der Waals surface area contributed by atoms with Gasteiger partial charge in [-0.3, -0.25) is 14.9 Å². The number of aryl methyl sites for hydroxylation is 1. The quantitative estimate of drug-likeness (QED) is 0.571. The topological polar surface area (TPSA) is 72.7 Å². The molecule has 25 heavy (non-hydrogen) atoms. The minimum atomic E-state index is -0.454. The molecule has 0 bridgehead atoms. The van der Waals surface area contributed by atoms with Gasteiger partial charge in [0.05, 0.1) is 11.0 Å². The van der Waals surface area contributed by atoms with Crippen LogP contribution in [-0.4, -0.2) is 29.4 Å². The summed E-state index contributed by atoms with van der Waals surface area (Å²) in [5, 5.41) is 11.5. The van der Waals surface area contributed by atoms with Crippen LogP contribution in [-0.2, 0) is 4.79 Å². The van der Waals surface area contributed by atoms with E-state index < -0.39 is 4.92 Å². The molecule has 0 fully saturated rings. The predicted molar refractivity (Wildman–Crippen MR) is 96.0 cm³/mol. The highest BCUT2D eigenvalue weighted by molar-refractivity contribution is 6.30. The van der Waals surface area contributed by atoms with Crippen LogP contribution in [0, 0.1) is 17.0 Å². The van der Waals surface area contributed by atoms with E-state index in [9.17, 15) is 14.9 Å². The number of halogens is 1. The molecule has 0 spiro atoms. The Kier molecular flexibility index (Phi) is 5.98. The van der Waals surface area contributed by atoms with Crippen LogP contribution in [0.15, 0.2) is 42.5 Å². The van der Waals surface area contributed by atoms with Crippen molar-refractivity contribution in [3.05, 3.63) is 68.7 Å². The minimum Gasteiger partial charge on any atom is -0.483 e. The van der Waals surface area contributed by atoms with Gasteiger partial charge in [0.25, 0.3) is 11.6 Å². The number of carbonyl (C=O) groups excluding carboxylic acids is 1. The molecule has 0 radical (unpaired) electrons. The molecule has 0 saturated heterocycles. The Morgan fingerprint density at radius 1 is 1.32 bits per heavy atom. The first-order chi connectivity index (χ1) is 11.8. The number of nitro benzene ring substituents is 1. The Balaban J connectivity index is 2.03. The van der Waals surface area contributed by atoms with Crippen LogP contribution in [0.4, 0.5) is 5.69 Å². The van der Waals surface area contributed by atoms with Crippen molar-refractivity contribution in [2.24, 2.45) is 0 Å². The van der Waals surface area contributed by atoms with Gasteiger partial charge in [0.15, 0.2) is 6.61 Å². The molecule has 0 N–H and O–H groups in total. The van der Waals surface area contributed by atoms with Crippen molar-refractivity contribution in [1.82, 2.24) is 4.90 Å². The molecule has 132 valence electrons. The van der Waals surface area contributed by atoms with Crippen LogP contribution in [0.3, 0.4) is 0 Å². The largest absolute Gasteiger partial charge is 0.483 e. The van der Waals surface area contributed by atoms with Crippen LogP contribution < -0.4 is 4.74 Å². The Labute approximate surface area is 151 Å². The van der Waals surface area contributed by atoms with Gasteiger partial charge in [-0.1, -0.05) is 23.7 Å². The van der Waals surface area contributed by atoms with Crippen molar-refractivity contribution >= 4 is 23.2 Å². The Morgan fingerprint density at radius 2 is 2.04 bits per heavy atom. The molecule has 2 aromatic rings. The van der Waals surface area contributed by atoms with Crippen molar-refractivity contribution in [2.45, 2.75) is 19.9 Å². The number of nitrogens with zero attached hydrogens (tertiary/aromatic N) is 2. The molecule has 0 aromatic heterocycles. The summed E-state index contributed by atoms with van der Waals surface area (Å²) in [6.07, 6.45) is 0. The number of carbonyl (C=O) groups is 1. The second-order valence-corrected chi connectivity index (χ2v) is 6.17. The molecule has 0 aliphatic heterocycles. The molecule has 0 aliphatic rings. The second kappa shape index (κ2) is 7.98. The average Bonchev–Trinajstić information content (AvgIpc) is 2.59. The molecule has 7 heteroatoms. The Morgan fingerprint density at radius 3 is 2.68 bits per heavy atom. The lowest BCUT2D eigenvalue weighted by atomic mass is 10.1. The zero-order valence-electron chi connectivity index (χ0n) is 14.2. The zero-order valence-corrected chi connectivity index (χ0v) is 15.0. The maximum atomic E-state index is 12.4. The third-order valence-corrected chi connectivity index (χ3v) is 4.26. The summed E-state index contributed by atoms with van der Waals surface area (Å²) in [5.74, 6) is 0.363. The third kappa shape index (κ3) is 4.70. The second-order valence-electron chi connectivity index (χ2n) is 5.73. The van der Waals surface area contributed by atoms with Crippen molar-refractivity contribution in [3.8, 4) is 5.75 Å². The van der Waals surface area contributed by atoms with Gasteiger partial charge in [-0.05, 0) is 43.2 Å². The average molecular weight is 363 g/mol. The number of hydrogen-bond acceptors (Lipinski definition) is 4. The number of nitro groups is 1. The molecule has 1 unspecified atom stereocenters. The van der Waals surface area contributed by atoms with E-state index in [-0.39, 0.29) is 24.2 Å². The van der Waals surface area contributed by atoms with Crippen LogP contribution in [0.5, 0.6) is 5.75 Å². The summed E-state index contributed by atoms with van der Waals surface area (Å²) >= 11 is 5.90. The number of hydrogen-bond donors (Lipinski definition) is 0. The molecular weight excluding hydrogens is 344 g/mol. The highest BCUT2D eigenvalue weighted by atomic mass is 35.5. The molecule has 0 saturated carbocycles. The van der Waals surface area contributed by atoms with Crippen LogP contribution in [0.1, 0.15) is 24.1 Å². The monoisotopic (exact) mass is 362 g/mol. The van der Waals surface area contributed by atoms with Crippen LogP contribution in [0.2, 0.25) is 5.02 Å². The number of non-ortho nitro benzene ring substituents is 1. The van der Waals surface area contributed by atoms with E-state index in [0.29, 0.717) is 16.3 Å². The Bertz CT molecular complexity index is 794. The van der Waals surface area contributed by atoms with Gasteiger partial charge in [0, 0.05) is 24.2 Å². The highest BCUT2D eigenvalue weighted by Crippen LogP contribution is 2.24. The smallest absolute Gasteiger partial charge is 0.269 e. The molecule has 6 nitrogen and oxygen atoms in total. The van der Waals surface area contributed by atoms with E-state index in [2.05, 4.69) is 0 Å². The first-order valence-corrected chi connectivity index (χ1v) is 8.06. The summed E-state index contributed by atoms with van der Waals surface area (Å²) in [4.78, 5) is 24.3. The van der Waals surface area contributed by atoms with Crippen LogP contribution in [0.25, 0.3) is 0 Å². The molecule has 0 aliphatic carbocycles. The van der Waals surface area contributed by atoms with Gasteiger partial charge in [0.1, 0.15) is 5.75 Å². The van der Waals surface area contributed by atoms with Crippen molar-refractivity contribution in [1.29, 1.82) is 0 Å². The Hall–Kier alpha value is -2.60. The van der Waals surface area contributed by atoms with Crippen LogP contribution >= 0.6 is 11.6 Å². The summed E-state index contributed by atoms with van der Waals surface area (Å²) in [7, 11) is 1.64. The lowest BCUT2D eigenvalue weighted by Gasteiger charge is -2.25. The number of ether oxygens (including phenoxy) is 1. The summed E-state index contributed by atoms with van der Waals surface area (Å²) in [5.41, 5.74) is 1.53. The maximum Gasteiger partial charge on any atom is 0.269 e. The van der Waals surface area contributed by atoms with Gasteiger partial charge in [-0.15, -0.1) is 0 Å². The number of likely N-dealkylation sites (N-methyl/N-ethyl adjacent to an activating group) is 1. The van der Waals surface area contributed by atoms with Gasteiger partial charge >= 0.3 is 0 Å². The number of benzene rings is 2. The fourth-order valence-electron chi connectivity index (χ4n) is 2.35. The van der Waals surface area contributed by atoms with E-state index in [1.807, 2.05) is 13.8 Å². The fraction of sp³-hybridized carbons (Fsp3) is 0.278. The minimum absolute atomic E-state index is 0.00163. The molecule has 2 aromatic carbocycles. The van der Waals surface area contributed by atoms with E-state index in [1.165, 1.54) is 17.0 Å². The number of amides is 1. The fourth-order valence-corrected chi connectivity index (χ4v) is 2.58. The summed E-state index contributed by atoms with van der Waals surface area (Å²) in [6, 6.07) is 11.1. The van der Waals surface area contributed by atoms with Crippen molar-refractivity contribution in [2.75, 3.05) is 13.7 Å². The normalized spacial score (nSPS) is 11.7. The first kappa shape index (κ1) is 18.7. The standard InChI is InChI=1S/C18H19ClN2O4/c1-12-9-15(19)7-8-17(12)25-11-18(22)20(3)13(2)14-5-4-6-16(10-14)21(23)24/h4-10,13H,11H2,1-3H3. The first-order valence-electron chi connectivity index (χ1n) is 7.68. The SMILES string of the molecule is Cc1cc(Cl)ccc1OCC(=O)N(C)C(C)c1cccc([N+](=O)[O-])c1. The molecular formula is C18H19ClN2O4. The van der Waals surface area contributed by atoms with E-state index in [4.69, 9.17) is 16.3 Å². The van der Waals surface area contributed by atoms with Crippen molar-refractivity contribution in [3.63, 3.8) is 0 Å². The van der Waals surface area contributed by atoms with Gasteiger partial charge in [0.2, 0.25) is 0 Å². The highest BCUT2D eigenvalue weighted by Gasteiger charge is 2.20. The molecule has 0 heterocycles. The third-order valence-electron chi connectivity index (χ3n) is 4.03. The molecule has 1 amide bonds. The van der Waals surface area contributed by atoms with E-state index in [1.54, 1.807) is 37.4 Å². The van der Waals surface area contributed by atoms with Gasteiger partial charge in [-0.2, -0.15) is 0 Å². The maximum absolute atomic E-state index is 12.4. The lowest BCUT2D eigenvalue weighted by molar-refractivity contribution is -0.384. The van der Waals surface area contributed by atoms with E-state index in [0.717, 1.165) is 5.56 Å². The van der Waals surface area contributed by atoms with Gasteiger partial charge < -0.3 is 9.64 Å². The predicted octanol–water partition coefficient (Wildman–Crippen LogP) is 4.16. The summed E-state index contributed by atoms with van der Waals surface area (Å²) in [6.45, 7) is 3.53. The summed E-state index contributed by atoms with van der Waals surface area (Å²) < 4.78 is 5.56. The van der Waals surface area contributed by atoms with E-state index >= 15 is 0 Å². The van der Waals surface area contributed by atoms with Crippen molar-refractivity contribution < 1.29 is 14.5 Å². The molecule has 1 atom stereocenters. The molecule has 2 rings (SSSR count). The number of rotatable bonds is 6.